The van der Waals surface area contributed by atoms with Gasteiger partial charge in [-0.2, -0.15) is 9.94 Å². The quantitative estimate of drug-likeness (QED) is 0.590. The second kappa shape index (κ2) is 8.86. The van der Waals surface area contributed by atoms with Gasteiger partial charge in [-0.15, -0.1) is 5.10 Å². The van der Waals surface area contributed by atoms with Crippen molar-refractivity contribution in [3.63, 3.8) is 0 Å². The molecule has 0 unspecified atom stereocenters. The fourth-order valence-corrected chi connectivity index (χ4v) is 3.71. The summed E-state index contributed by atoms with van der Waals surface area (Å²) in [5, 5.41) is 17.2. The van der Waals surface area contributed by atoms with Crippen molar-refractivity contribution in [3.8, 4) is 11.9 Å². The predicted molar refractivity (Wildman–Crippen MR) is 117 cm³/mol. The lowest BCUT2D eigenvalue weighted by molar-refractivity contribution is 0.0937. The summed E-state index contributed by atoms with van der Waals surface area (Å²) in [4.78, 5) is 21.9. The summed E-state index contributed by atoms with van der Waals surface area (Å²) in [6, 6.07) is 10.6. The van der Waals surface area contributed by atoms with E-state index in [1.807, 2.05) is 19.1 Å². The molecular formula is C23H23ClN6O. The smallest absolute Gasteiger partial charge is 0.251 e. The average molecular weight is 435 g/mol. The first kappa shape index (κ1) is 21.0. The number of benzene rings is 1. The van der Waals surface area contributed by atoms with Gasteiger partial charge in [0.15, 0.2) is 17.5 Å². The Balaban J connectivity index is 1.60. The van der Waals surface area contributed by atoms with Crippen molar-refractivity contribution >= 4 is 17.5 Å². The van der Waals surface area contributed by atoms with Crippen LogP contribution in [-0.4, -0.2) is 25.7 Å². The van der Waals surface area contributed by atoms with Gasteiger partial charge in [-0.3, -0.25) is 4.79 Å². The van der Waals surface area contributed by atoms with Gasteiger partial charge in [0.25, 0.3) is 5.91 Å². The maximum atomic E-state index is 13.0. The van der Waals surface area contributed by atoms with Crippen molar-refractivity contribution in [1.82, 2.24) is 25.1 Å². The number of nitrogens with zero attached hydrogens (tertiary/aromatic N) is 5. The minimum atomic E-state index is -0.411. The van der Waals surface area contributed by atoms with Crippen molar-refractivity contribution in [3.05, 3.63) is 69.9 Å². The number of carbonyl (C=O) groups is 1. The van der Waals surface area contributed by atoms with Crippen molar-refractivity contribution in [2.24, 2.45) is 0 Å². The number of halogens is 1. The van der Waals surface area contributed by atoms with E-state index < -0.39 is 6.04 Å². The highest BCUT2D eigenvalue weighted by Gasteiger charge is 2.26. The Bertz CT molecular complexity index is 1140. The monoisotopic (exact) mass is 434 g/mol. The lowest BCUT2D eigenvalue weighted by atomic mass is 10.1. The van der Waals surface area contributed by atoms with Crippen molar-refractivity contribution < 1.29 is 4.79 Å². The van der Waals surface area contributed by atoms with Crippen LogP contribution in [0.25, 0.3) is 5.82 Å². The number of nitrogens with one attached hydrogen (secondary N) is 1. The topological polar surface area (TPSA) is 96.5 Å². The summed E-state index contributed by atoms with van der Waals surface area (Å²) in [5.74, 6) is 2.10. The predicted octanol–water partition coefficient (Wildman–Crippen LogP) is 4.51. The third-order valence-corrected chi connectivity index (χ3v) is 5.43. The van der Waals surface area contributed by atoms with E-state index >= 15 is 0 Å². The minimum Gasteiger partial charge on any atom is -0.342 e. The van der Waals surface area contributed by atoms with Gasteiger partial charge >= 0.3 is 0 Å². The first-order valence-electron chi connectivity index (χ1n) is 10.4. The summed E-state index contributed by atoms with van der Waals surface area (Å²) < 4.78 is 1.63. The number of aromatic nitrogens is 4. The van der Waals surface area contributed by atoms with Crippen LogP contribution in [0.2, 0.25) is 5.02 Å². The standard InChI is InChI=1S/C23H23ClN6O/c1-3-4-20-28-22(30(29-20)21-8-5-15(12-25)13-26-21)14(2)27-23(31)18-9-17(16-6-7-16)10-19(24)11-18/h5,8-11,13-14,16H,3-4,6-7H2,1-2H3,(H,27,31)/t14-/m0/s1. The second-order valence-electron chi connectivity index (χ2n) is 7.81. The first-order valence-corrected chi connectivity index (χ1v) is 10.8. The molecule has 3 aromatic rings. The molecule has 7 nitrogen and oxygen atoms in total. The molecule has 1 aliphatic carbocycles. The van der Waals surface area contributed by atoms with Crippen molar-refractivity contribution in [2.75, 3.05) is 0 Å². The maximum Gasteiger partial charge on any atom is 0.251 e. The third kappa shape index (κ3) is 4.75. The maximum absolute atomic E-state index is 13.0. The zero-order chi connectivity index (χ0) is 22.0. The van der Waals surface area contributed by atoms with E-state index in [1.54, 1.807) is 22.9 Å². The summed E-state index contributed by atoms with van der Waals surface area (Å²) in [6.07, 6.45) is 5.39. The van der Waals surface area contributed by atoms with Gasteiger partial charge in [0.2, 0.25) is 0 Å². The van der Waals surface area contributed by atoms with E-state index in [-0.39, 0.29) is 5.91 Å². The molecule has 1 saturated carbocycles. The molecule has 1 atom stereocenters. The van der Waals surface area contributed by atoms with Gasteiger partial charge in [0, 0.05) is 23.2 Å². The fourth-order valence-electron chi connectivity index (χ4n) is 3.46. The van der Waals surface area contributed by atoms with E-state index in [1.165, 1.54) is 6.20 Å². The van der Waals surface area contributed by atoms with Crippen LogP contribution in [0.4, 0.5) is 0 Å². The van der Waals surface area contributed by atoms with Gasteiger partial charge in [0.1, 0.15) is 6.07 Å². The number of aryl methyl sites for hydroxylation is 1. The molecule has 2 aromatic heterocycles. The number of amides is 1. The summed E-state index contributed by atoms with van der Waals surface area (Å²) in [5.41, 5.74) is 2.12. The molecule has 0 bridgehead atoms. The summed E-state index contributed by atoms with van der Waals surface area (Å²) >= 11 is 6.25. The number of hydrogen-bond acceptors (Lipinski definition) is 5. The van der Waals surface area contributed by atoms with Crippen molar-refractivity contribution in [2.45, 2.75) is 51.5 Å². The number of nitriles is 1. The molecule has 0 radical (unpaired) electrons. The van der Waals surface area contributed by atoms with Crippen LogP contribution in [0.1, 0.15) is 78.2 Å². The molecule has 1 aliphatic rings. The van der Waals surface area contributed by atoms with Crippen molar-refractivity contribution in [1.29, 1.82) is 5.26 Å². The van der Waals surface area contributed by atoms with E-state index in [9.17, 15) is 4.79 Å². The molecule has 1 fully saturated rings. The zero-order valence-corrected chi connectivity index (χ0v) is 18.2. The van der Waals surface area contributed by atoms with Gasteiger partial charge in [0.05, 0.1) is 11.6 Å². The SMILES string of the molecule is CCCc1nc([C@H](C)NC(=O)c2cc(Cl)cc(C3CC3)c2)n(-c2ccc(C#N)cn2)n1. The summed E-state index contributed by atoms with van der Waals surface area (Å²) in [6.45, 7) is 3.92. The first-order chi connectivity index (χ1) is 15.0. The van der Waals surface area contributed by atoms with Gasteiger partial charge in [-0.1, -0.05) is 18.5 Å². The molecule has 4 rings (SSSR count). The largest absolute Gasteiger partial charge is 0.342 e. The Morgan fingerprint density at radius 3 is 2.81 bits per heavy atom. The Morgan fingerprint density at radius 1 is 1.35 bits per heavy atom. The Kier molecular flexibility index (Phi) is 6.01. The van der Waals surface area contributed by atoms with Crippen LogP contribution in [0.15, 0.2) is 36.5 Å². The average Bonchev–Trinajstić information content (AvgIpc) is 3.53. The molecular weight excluding hydrogens is 412 g/mol. The van der Waals surface area contributed by atoms with E-state index in [2.05, 4.69) is 33.4 Å². The molecule has 0 saturated heterocycles. The number of carbonyl (C=O) groups excluding carboxylic acids is 1. The Hall–Kier alpha value is -3.24. The van der Waals surface area contributed by atoms with Gasteiger partial charge < -0.3 is 5.32 Å². The van der Waals surface area contributed by atoms with Crippen LogP contribution < -0.4 is 5.32 Å². The number of hydrogen-bond donors (Lipinski definition) is 1. The minimum absolute atomic E-state index is 0.212. The zero-order valence-electron chi connectivity index (χ0n) is 17.5. The van der Waals surface area contributed by atoms with Crippen LogP contribution in [-0.2, 0) is 6.42 Å². The molecule has 31 heavy (non-hydrogen) atoms. The third-order valence-electron chi connectivity index (χ3n) is 5.21. The highest BCUT2D eigenvalue weighted by molar-refractivity contribution is 6.31. The van der Waals surface area contributed by atoms with Crippen LogP contribution >= 0.6 is 11.6 Å². The van der Waals surface area contributed by atoms with E-state index in [0.29, 0.717) is 39.5 Å². The van der Waals surface area contributed by atoms with Crippen LogP contribution in [0, 0.1) is 11.3 Å². The number of rotatable bonds is 7. The fraction of sp³-hybridized carbons (Fsp3) is 0.348. The molecule has 158 valence electrons. The molecule has 0 aliphatic heterocycles. The lowest BCUT2D eigenvalue weighted by Crippen LogP contribution is -2.29. The van der Waals surface area contributed by atoms with Gasteiger partial charge in [-0.05, 0) is 68.0 Å². The van der Waals surface area contributed by atoms with E-state index in [4.69, 9.17) is 16.9 Å². The Labute approximate surface area is 186 Å². The highest BCUT2D eigenvalue weighted by Crippen LogP contribution is 2.41. The normalized spacial score (nSPS) is 14.1. The number of pyridine rings is 1. The van der Waals surface area contributed by atoms with Crippen LogP contribution in [0.3, 0.4) is 0 Å². The molecule has 2 heterocycles. The molecule has 8 heteroatoms. The molecule has 0 spiro atoms. The second-order valence-corrected chi connectivity index (χ2v) is 8.24. The lowest BCUT2D eigenvalue weighted by Gasteiger charge is -2.15. The summed E-state index contributed by atoms with van der Waals surface area (Å²) in [7, 11) is 0. The van der Waals surface area contributed by atoms with E-state index in [0.717, 1.165) is 31.2 Å². The molecule has 1 amide bonds. The molecule has 1 aromatic carbocycles. The highest BCUT2D eigenvalue weighted by atomic mass is 35.5. The van der Waals surface area contributed by atoms with Crippen LogP contribution in [0.5, 0.6) is 0 Å². The van der Waals surface area contributed by atoms with Gasteiger partial charge in [-0.25, -0.2) is 9.97 Å². The molecule has 1 N–H and O–H groups in total. The Morgan fingerprint density at radius 2 is 2.16 bits per heavy atom.